The zero-order valence-electron chi connectivity index (χ0n) is 11.3. The Bertz CT molecular complexity index is 695. The number of phenolic OH excluding ortho intramolecular Hbond substituents is 1. The Morgan fingerprint density at radius 2 is 2.00 bits per heavy atom. The van der Waals surface area contributed by atoms with Gasteiger partial charge in [0.25, 0.3) is 5.91 Å². The summed E-state index contributed by atoms with van der Waals surface area (Å²) < 4.78 is 13.8. The Morgan fingerprint density at radius 1 is 1.24 bits per heavy atom. The van der Waals surface area contributed by atoms with E-state index in [1.165, 1.54) is 23.1 Å². The van der Waals surface area contributed by atoms with Gasteiger partial charge in [0.2, 0.25) is 0 Å². The van der Waals surface area contributed by atoms with Gasteiger partial charge in [-0.25, -0.2) is 4.39 Å². The molecule has 21 heavy (non-hydrogen) atoms. The molecule has 0 bridgehead atoms. The first-order valence-corrected chi connectivity index (χ1v) is 6.71. The highest BCUT2D eigenvalue weighted by Gasteiger charge is 2.26. The van der Waals surface area contributed by atoms with Crippen LogP contribution in [0.15, 0.2) is 36.4 Å². The van der Waals surface area contributed by atoms with E-state index < -0.39 is 11.7 Å². The normalized spacial score (nSPS) is 13.9. The van der Waals surface area contributed by atoms with Crippen LogP contribution in [0.1, 0.15) is 21.5 Å². The van der Waals surface area contributed by atoms with Gasteiger partial charge >= 0.3 is 0 Å². The maximum absolute atomic E-state index is 13.8. The Kier molecular flexibility index (Phi) is 3.25. The minimum Gasteiger partial charge on any atom is -0.507 e. The van der Waals surface area contributed by atoms with E-state index in [0.29, 0.717) is 25.2 Å². The standard InChI is InChI=1S/C16H15FN2O2/c17-12-4-2-6-14(20)15(12)16(21)19-8-7-10-3-1-5-13(18)11(10)9-19/h1-6,20H,7-9,18H2. The van der Waals surface area contributed by atoms with Crippen molar-refractivity contribution in [3.63, 3.8) is 0 Å². The zero-order valence-corrected chi connectivity index (χ0v) is 11.3. The highest BCUT2D eigenvalue weighted by molar-refractivity contribution is 5.97. The molecule has 1 amide bonds. The van der Waals surface area contributed by atoms with Crippen molar-refractivity contribution >= 4 is 11.6 Å². The van der Waals surface area contributed by atoms with Crippen LogP contribution in [-0.2, 0) is 13.0 Å². The average molecular weight is 286 g/mol. The van der Waals surface area contributed by atoms with E-state index in [-0.39, 0.29) is 11.3 Å². The second-order valence-corrected chi connectivity index (χ2v) is 5.10. The van der Waals surface area contributed by atoms with Crippen LogP contribution in [0.2, 0.25) is 0 Å². The highest BCUT2D eigenvalue weighted by atomic mass is 19.1. The molecule has 3 N–H and O–H groups in total. The first kappa shape index (κ1) is 13.4. The van der Waals surface area contributed by atoms with Crippen LogP contribution in [0.3, 0.4) is 0 Å². The number of fused-ring (bicyclic) bond motifs is 1. The molecule has 0 radical (unpaired) electrons. The van der Waals surface area contributed by atoms with Gasteiger partial charge < -0.3 is 15.7 Å². The molecular weight excluding hydrogens is 271 g/mol. The van der Waals surface area contributed by atoms with Crippen LogP contribution < -0.4 is 5.73 Å². The average Bonchev–Trinajstić information content (AvgIpc) is 2.47. The Morgan fingerprint density at radius 3 is 2.76 bits per heavy atom. The molecule has 5 heteroatoms. The monoisotopic (exact) mass is 286 g/mol. The van der Waals surface area contributed by atoms with E-state index in [0.717, 1.165) is 11.1 Å². The molecule has 1 aliphatic heterocycles. The highest BCUT2D eigenvalue weighted by Crippen LogP contribution is 2.28. The number of aromatic hydroxyl groups is 1. The molecule has 0 fully saturated rings. The van der Waals surface area contributed by atoms with Gasteiger partial charge in [-0.2, -0.15) is 0 Å². The zero-order chi connectivity index (χ0) is 15.0. The van der Waals surface area contributed by atoms with Crippen LogP contribution in [0.5, 0.6) is 5.75 Å². The van der Waals surface area contributed by atoms with Gasteiger partial charge in [0, 0.05) is 18.8 Å². The van der Waals surface area contributed by atoms with E-state index >= 15 is 0 Å². The third kappa shape index (κ3) is 2.31. The number of nitrogens with zero attached hydrogens (tertiary/aromatic N) is 1. The number of carbonyl (C=O) groups excluding carboxylic acids is 1. The van der Waals surface area contributed by atoms with Gasteiger partial charge in [-0.3, -0.25) is 4.79 Å². The fourth-order valence-corrected chi connectivity index (χ4v) is 2.66. The number of hydrogen-bond donors (Lipinski definition) is 2. The van der Waals surface area contributed by atoms with Crippen LogP contribution >= 0.6 is 0 Å². The summed E-state index contributed by atoms with van der Waals surface area (Å²) in [7, 11) is 0. The quantitative estimate of drug-likeness (QED) is 0.791. The molecule has 0 atom stereocenters. The summed E-state index contributed by atoms with van der Waals surface area (Å²) in [5.41, 5.74) is 8.29. The number of carbonyl (C=O) groups is 1. The maximum atomic E-state index is 13.8. The van der Waals surface area contributed by atoms with Gasteiger partial charge in [0.05, 0.1) is 0 Å². The predicted molar refractivity (Wildman–Crippen MR) is 77.4 cm³/mol. The predicted octanol–water partition coefficient (Wildman–Crippen LogP) is 2.31. The fraction of sp³-hybridized carbons (Fsp3) is 0.188. The van der Waals surface area contributed by atoms with E-state index in [1.54, 1.807) is 6.07 Å². The lowest BCUT2D eigenvalue weighted by molar-refractivity contribution is 0.0727. The number of nitrogens with two attached hydrogens (primary N) is 1. The number of nitrogen functional groups attached to an aromatic ring is 1. The van der Waals surface area contributed by atoms with Crippen molar-refractivity contribution in [1.82, 2.24) is 4.90 Å². The van der Waals surface area contributed by atoms with Crippen LogP contribution in [0.25, 0.3) is 0 Å². The number of hydrogen-bond acceptors (Lipinski definition) is 3. The van der Waals surface area contributed by atoms with Gasteiger partial charge in [-0.15, -0.1) is 0 Å². The maximum Gasteiger partial charge on any atom is 0.260 e. The fourth-order valence-electron chi connectivity index (χ4n) is 2.66. The topological polar surface area (TPSA) is 66.6 Å². The van der Waals surface area contributed by atoms with Gasteiger partial charge in [0.15, 0.2) is 0 Å². The largest absolute Gasteiger partial charge is 0.507 e. The lowest BCUT2D eigenvalue weighted by Gasteiger charge is -2.30. The first-order chi connectivity index (χ1) is 10.1. The van der Waals surface area contributed by atoms with Crippen molar-refractivity contribution in [3.05, 3.63) is 58.9 Å². The minimum absolute atomic E-state index is 0.282. The number of amides is 1. The summed E-state index contributed by atoms with van der Waals surface area (Å²) in [6, 6.07) is 9.49. The van der Waals surface area contributed by atoms with Crippen molar-refractivity contribution in [2.75, 3.05) is 12.3 Å². The third-order valence-electron chi connectivity index (χ3n) is 3.80. The Balaban J connectivity index is 1.93. The second-order valence-electron chi connectivity index (χ2n) is 5.10. The van der Waals surface area contributed by atoms with Crippen molar-refractivity contribution in [2.24, 2.45) is 0 Å². The third-order valence-corrected chi connectivity index (χ3v) is 3.80. The molecule has 0 saturated heterocycles. The summed E-state index contributed by atoms with van der Waals surface area (Å²) in [6.45, 7) is 0.803. The summed E-state index contributed by atoms with van der Waals surface area (Å²) in [6.07, 6.45) is 0.668. The molecule has 1 heterocycles. The molecule has 1 aliphatic rings. The van der Waals surface area contributed by atoms with Crippen LogP contribution in [-0.4, -0.2) is 22.5 Å². The van der Waals surface area contributed by atoms with Gasteiger partial charge in [-0.1, -0.05) is 18.2 Å². The number of halogens is 1. The molecule has 0 saturated carbocycles. The number of anilines is 1. The molecule has 4 nitrogen and oxygen atoms in total. The molecule has 2 aromatic rings. The molecular formula is C16H15FN2O2. The Labute approximate surface area is 121 Å². The number of benzene rings is 2. The minimum atomic E-state index is -0.716. The molecule has 0 spiro atoms. The van der Waals surface area contributed by atoms with Gasteiger partial charge in [-0.05, 0) is 35.7 Å². The lowest BCUT2D eigenvalue weighted by Crippen LogP contribution is -2.36. The summed E-state index contributed by atoms with van der Waals surface area (Å²) in [5, 5.41) is 9.73. The number of rotatable bonds is 1. The van der Waals surface area contributed by atoms with Crippen LogP contribution in [0.4, 0.5) is 10.1 Å². The van der Waals surface area contributed by atoms with Crippen molar-refractivity contribution in [1.29, 1.82) is 0 Å². The van der Waals surface area contributed by atoms with Crippen LogP contribution in [0, 0.1) is 5.82 Å². The second kappa shape index (κ2) is 5.09. The SMILES string of the molecule is Nc1cccc2c1CN(C(=O)c1c(O)cccc1F)CC2. The van der Waals surface area contributed by atoms with Crippen molar-refractivity contribution in [3.8, 4) is 5.75 Å². The number of phenols is 1. The molecule has 2 aromatic carbocycles. The smallest absolute Gasteiger partial charge is 0.260 e. The molecule has 0 aliphatic carbocycles. The summed E-state index contributed by atoms with van der Waals surface area (Å²) >= 11 is 0. The van der Waals surface area contributed by atoms with E-state index in [9.17, 15) is 14.3 Å². The van der Waals surface area contributed by atoms with E-state index in [4.69, 9.17) is 5.73 Å². The van der Waals surface area contributed by atoms with Gasteiger partial charge in [0.1, 0.15) is 17.1 Å². The molecule has 0 aromatic heterocycles. The molecule has 3 rings (SSSR count). The van der Waals surface area contributed by atoms with E-state index in [1.807, 2.05) is 12.1 Å². The summed E-state index contributed by atoms with van der Waals surface area (Å²) in [4.78, 5) is 14.0. The van der Waals surface area contributed by atoms with E-state index in [2.05, 4.69) is 0 Å². The lowest BCUT2D eigenvalue weighted by atomic mass is 9.97. The summed E-state index contributed by atoms with van der Waals surface area (Å²) in [5.74, 6) is -1.57. The molecule has 108 valence electrons. The van der Waals surface area contributed by atoms with Crippen molar-refractivity contribution in [2.45, 2.75) is 13.0 Å². The first-order valence-electron chi connectivity index (χ1n) is 6.71. The molecule has 0 unspecified atom stereocenters. The Hall–Kier alpha value is -2.56. The van der Waals surface area contributed by atoms with Crippen molar-refractivity contribution < 1.29 is 14.3 Å².